The van der Waals surface area contributed by atoms with E-state index in [2.05, 4.69) is 5.16 Å². The Bertz CT molecular complexity index is 408. The van der Waals surface area contributed by atoms with Gasteiger partial charge in [-0.15, -0.1) is 11.6 Å². The van der Waals surface area contributed by atoms with Crippen LogP contribution in [-0.4, -0.2) is 17.7 Å². The zero-order valence-electron chi connectivity index (χ0n) is 7.71. The van der Waals surface area contributed by atoms with Gasteiger partial charge >= 0.3 is 0 Å². The number of hydrogen-bond acceptors (Lipinski definition) is 2. The summed E-state index contributed by atoms with van der Waals surface area (Å²) in [6.45, 7) is 0. The normalized spacial score (nSPS) is 19.9. The van der Waals surface area contributed by atoms with Crippen molar-refractivity contribution in [2.45, 2.75) is 12.5 Å². The van der Waals surface area contributed by atoms with E-state index in [0.29, 0.717) is 28.6 Å². The Labute approximate surface area is 96.6 Å². The summed E-state index contributed by atoms with van der Waals surface area (Å²) in [7, 11) is 0. The van der Waals surface area contributed by atoms with E-state index in [1.54, 1.807) is 6.07 Å². The summed E-state index contributed by atoms with van der Waals surface area (Å²) in [5.41, 5.74) is 1.41. The summed E-state index contributed by atoms with van der Waals surface area (Å²) < 4.78 is 12.8. The van der Waals surface area contributed by atoms with Crippen molar-refractivity contribution in [3.63, 3.8) is 0 Å². The fourth-order valence-corrected chi connectivity index (χ4v) is 1.84. The van der Waals surface area contributed by atoms with E-state index in [4.69, 9.17) is 28.0 Å². The molecule has 0 saturated heterocycles. The van der Waals surface area contributed by atoms with Crippen molar-refractivity contribution in [3.8, 4) is 0 Å². The van der Waals surface area contributed by atoms with E-state index in [0.717, 1.165) is 0 Å². The summed E-state index contributed by atoms with van der Waals surface area (Å²) in [6, 6.07) is 4.20. The van der Waals surface area contributed by atoms with Gasteiger partial charge in [-0.3, -0.25) is 0 Å². The van der Waals surface area contributed by atoms with Gasteiger partial charge in [-0.2, -0.15) is 0 Å². The Morgan fingerprint density at radius 2 is 2.33 bits per heavy atom. The molecule has 1 aromatic carbocycles. The van der Waals surface area contributed by atoms with E-state index in [1.165, 1.54) is 12.1 Å². The highest BCUT2D eigenvalue weighted by Crippen LogP contribution is 2.24. The lowest BCUT2D eigenvalue weighted by molar-refractivity contribution is 0.102. The van der Waals surface area contributed by atoms with Gasteiger partial charge in [0, 0.05) is 12.0 Å². The van der Waals surface area contributed by atoms with Crippen molar-refractivity contribution in [2.75, 3.05) is 5.88 Å². The first-order valence-electron chi connectivity index (χ1n) is 4.45. The first kappa shape index (κ1) is 10.7. The molecule has 80 valence electrons. The van der Waals surface area contributed by atoms with Crippen molar-refractivity contribution in [1.29, 1.82) is 0 Å². The molecule has 2 rings (SSSR count). The minimum atomic E-state index is -0.364. The first-order valence-corrected chi connectivity index (χ1v) is 5.36. The average Bonchev–Trinajstić information content (AvgIpc) is 2.66. The van der Waals surface area contributed by atoms with E-state index >= 15 is 0 Å². The molecular weight excluding hydrogens is 240 g/mol. The van der Waals surface area contributed by atoms with Crippen LogP contribution in [0.2, 0.25) is 5.02 Å². The Morgan fingerprint density at radius 3 is 2.93 bits per heavy atom. The third-order valence-electron chi connectivity index (χ3n) is 2.15. The Kier molecular flexibility index (Phi) is 3.12. The molecule has 1 aliphatic heterocycles. The van der Waals surface area contributed by atoms with E-state index in [1.807, 2.05) is 0 Å². The van der Waals surface area contributed by atoms with Crippen LogP contribution in [0.4, 0.5) is 4.39 Å². The zero-order valence-corrected chi connectivity index (χ0v) is 9.22. The van der Waals surface area contributed by atoms with Crippen molar-refractivity contribution >= 4 is 28.9 Å². The van der Waals surface area contributed by atoms with Crippen LogP contribution in [0.1, 0.15) is 12.0 Å². The lowest BCUT2D eigenvalue weighted by Crippen LogP contribution is -2.09. The maximum atomic E-state index is 12.8. The standard InChI is InChI=1S/C10H8Cl2FNO/c11-5-7-4-10(14-15-7)8-2-1-6(13)3-9(8)12/h1-3,7H,4-5H2. The number of oxime groups is 1. The molecule has 1 atom stereocenters. The van der Waals surface area contributed by atoms with Gasteiger partial charge < -0.3 is 4.84 Å². The van der Waals surface area contributed by atoms with Gasteiger partial charge in [0.2, 0.25) is 0 Å². The molecular formula is C10H8Cl2FNO. The number of hydrogen-bond donors (Lipinski definition) is 0. The van der Waals surface area contributed by atoms with Gasteiger partial charge in [0.25, 0.3) is 0 Å². The molecule has 15 heavy (non-hydrogen) atoms. The molecule has 1 unspecified atom stereocenters. The molecule has 0 saturated carbocycles. The van der Waals surface area contributed by atoms with Gasteiger partial charge in [0.15, 0.2) is 0 Å². The van der Waals surface area contributed by atoms with Crippen LogP contribution in [0.3, 0.4) is 0 Å². The van der Waals surface area contributed by atoms with Crippen LogP contribution in [0.15, 0.2) is 23.4 Å². The minimum absolute atomic E-state index is 0.109. The Balaban J connectivity index is 2.24. The van der Waals surface area contributed by atoms with Crippen LogP contribution in [0, 0.1) is 5.82 Å². The molecule has 1 aromatic rings. The van der Waals surface area contributed by atoms with Crippen LogP contribution in [0.5, 0.6) is 0 Å². The molecule has 5 heteroatoms. The average molecular weight is 248 g/mol. The van der Waals surface area contributed by atoms with E-state index < -0.39 is 0 Å². The van der Waals surface area contributed by atoms with Crippen molar-refractivity contribution < 1.29 is 9.23 Å². The molecule has 0 fully saturated rings. The largest absolute Gasteiger partial charge is 0.391 e. The monoisotopic (exact) mass is 247 g/mol. The Hall–Kier alpha value is -0.800. The van der Waals surface area contributed by atoms with Crippen LogP contribution < -0.4 is 0 Å². The third-order valence-corrected chi connectivity index (χ3v) is 2.80. The van der Waals surface area contributed by atoms with E-state index in [-0.39, 0.29) is 11.9 Å². The molecule has 1 aliphatic rings. The van der Waals surface area contributed by atoms with Gasteiger partial charge in [-0.25, -0.2) is 4.39 Å². The fourth-order valence-electron chi connectivity index (χ4n) is 1.39. The number of benzene rings is 1. The molecule has 0 aromatic heterocycles. The predicted octanol–water partition coefficient (Wildman–Crippen LogP) is 3.21. The minimum Gasteiger partial charge on any atom is -0.391 e. The van der Waals surface area contributed by atoms with E-state index in [9.17, 15) is 4.39 Å². The summed E-state index contributed by atoms with van der Waals surface area (Å²) in [5, 5.41) is 4.21. The second kappa shape index (κ2) is 4.37. The van der Waals surface area contributed by atoms with Gasteiger partial charge in [0.05, 0.1) is 16.6 Å². The zero-order chi connectivity index (χ0) is 10.8. The van der Waals surface area contributed by atoms with Crippen molar-refractivity contribution in [3.05, 3.63) is 34.6 Å². The third kappa shape index (κ3) is 2.24. The van der Waals surface area contributed by atoms with Crippen molar-refractivity contribution in [1.82, 2.24) is 0 Å². The van der Waals surface area contributed by atoms with Crippen LogP contribution in [0.25, 0.3) is 0 Å². The molecule has 0 bridgehead atoms. The van der Waals surface area contributed by atoms with Gasteiger partial charge in [-0.05, 0) is 18.2 Å². The molecule has 1 heterocycles. The second-order valence-corrected chi connectivity index (χ2v) is 3.96. The number of alkyl halides is 1. The highest BCUT2D eigenvalue weighted by atomic mass is 35.5. The molecule has 0 radical (unpaired) electrons. The highest BCUT2D eigenvalue weighted by Gasteiger charge is 2.22. The molecule has 0 N–H and O–H groups in total. The summed E-state index contributed by atoms with van der Waals surface area (Å²) in [5.74, 6) is 0.0170. The number of halogens is 3. The predicted molar refractivity (Wildman–Crippen MR) is 58.2 cm³/mol. The van der Waals surface area contributed by atoms with Crippen LogP contribution in [-0.2, 0) is 4.84 Å². The number of nitrogens with zero attached hydrogens (tertiary/aromatic N) is 1. The van der Waals surface area contributed by atoms with Gasteiger partial charge in [0.1, 0.15) is 11.9 Å². The topological polar surface area (TPSA) is 21.6 Å². The first-order chi connectivity index (χ1) is 7.20. The Morgan fingerprint density at radius 1 is 1.53 bits per heavy atom. The quantitative estimate of drug-likeness (QED) is 0.736. The molecule has 0 spiro atoms. The van der Waals surface area contributed by atoms with Gasteiger partial charge in [-0.1, -0.05) is 16.8 Å². The lowest BCUT2D eigenvalue weighted by Gasteiger charge is -2.03. The van der Waals surface area contributed by atoms with Crippen molar-refractivity contribution in [2.24, 2.45) is 5.16 Å². The smallest absolute Gasteiger partial charge is 0.146 e. The molecule has 0 amide bonds. The summed E-state index contributed by atoms with van der Waals surface area (Å²) >= 11 is 11.5. The summed E-state index contributed by atoms with van der Waals surface area (Å²) in [6.07, 6.45) is 0.497. The molecule has 0 aliphatic carbocycles. The maximum Gasteiger partial charge on any atom is 0.146 e. The SMILES string of the molecule is Fc1ccc(C2=NOC(CCl)C2)c(Cl)c1. The fraction of sp³-hybridized carbons (Fsp3) is 0.300. The van der Waals surface area contributed by atoms with Crippen LogP contribution >= 0.6 is 23.2 Å². The molecule has 2 nitrogen and oxygen atoms in total. The summed E-state index contributed by atoms with van der Waals surface area (Å²) in [4.78, 5) is 5.06. The maximum absolute atomic E-state index is 12.8. The second-order valence-electron chi connectivity index (χ2n) is 3.25. The number of rotatable bonds is 2. The highest BCUT2D eigenvalue weighted by molar-refractivity contribution is 6.34. The lowest BCUT2D eigenvalue weighted by atomic mass is 10.1.